The second kappa shape index (κ2) is 8.57. The number of sulfone groups is 1. The van der Waals surface area contributed by atoms with E-state index in [0.717, 1.165) is 5.82 Å². The van der Waals surface area contributed by atoms with Crippen molar-refractivity contribution in [1.82, 2.24) is 9.88 Å². The first-order valence-corrected chi connectivity index (χ1v) is 12.7. The van der Waals surface area contributed by atoms with Gasteiger partial charge in [-0.3, -0.25) is 9.59 Å². The number of carbonyl (C=O) groups excluding carboxylic acids is 2. The maximum atomic E-state index is 13.4. The van der Waals surface area contributed by atoms with Crippen LogP contribution in [0.25, 0.3) is 0 Å². The first kappa shape index (κ1) is 22.1. The van der Waals surface area contributed by atoms with Crippen LogP contribution in [0.3, 0.4) is 0 Å². The summed E-state index contributed by atoms with van der Waals surface area (Å²) in [6.45, 7) is 4.40. The largest absolute Gasteiger partial charge is 0.353 e. The highest BCUT2D eigenvalue weighted by Crippen LogP contribution is 2.37. The quantitative estimate of drug-likeness (QED) is 0.577. The summed E-state index contributed by atoms with van der Waals surface area (Å²) >= 11 is 0. The van der Waals surface area contributed by atoms with Crippen molar-refractivity contribution < 1.29 is 18.0 Å². The molecule has 8 nitrogen and oxygen atoms in total. The zero-order valence-corrected chi connectivity index (χ0v) is 19.5. The van der Waals surface area contributed by atoms with E-state index in [1.165, 1.54) is 35.2 Å². The maximum absolute atomic E-state index is 13.4. The van der Waals surface area contributed by atoms with Crippen molar-refractivity contribution in [2.24, 2.45) is 0 Å². The molecule has 0 unspecified atom stereocenters. The van der Waals surface area contributed by atoms with Gasteiger partial charge in [0.1, 0.15) is 5.82 Å². The molecule has 174 valence electrons. The third-order valence-corrected chi connectivity index (χ3v) is 8.15. The van der Waals surface area contributed by atoms with Gasteiger partial charge in [0, 0.05) is 44.5 Å². The Morgan fingerprint density at radius 1 is 0.941 bits per heavy atom. The Labute approximate surface area is 198 Å². The first-order valence-electron chi connectivity index (χ1n) is 11.2. The van der Waals surface area contributed by atoms with Gasteiger partial charge in [0.15, 0.2) is 0 Å². The lowest BCUT2D eigenvalue weighted by Gasteiger charge is -2.35. The normalized spacial score (nSPS) is 17.1. The number of nitrogens with zero attached hydrogens (tertiary/aromatic N) is 4. The van der Waals surface area contributed by atoms with Gasteiger partial charge in [0.05, 0.1) is 21.0 Å². The molecule has 2 amide bonds. The minimum Gasteiger partial charge on any atom is -0.353 e. The van der Waals surface area contributed by atoms with Crippen LogP contribution in [0.4, 0.5) is 11.5 Å². The Morgan fingerprint density at radius 3 is 2.38 bits per heavy atom. The standard InChI is InChI=1S/C25H24N4O4S/c1-2-29-20-17-18(24(30)28-15-13-27(14-16-28)23-9-5-6-12-26-23)10-11-22(20)34(32,33)21-8-4-3-7-19(21)25(29)31/h3-12,17H,2,13-16H2,1H3. The zero-order valence-electron chi connectivity index (χ0n) is 18.7. The van der Waals surface area contributed by atoms with E-state index < -0.39 is 15.7 Å². The number of piperazine rings is 1. The summed E-state index contributed by atoms with van der Waals surface area (Å²) in [5.41, 5.74) is 0.734. The number of amides is 2. The van der Waals surface area contributed by atoms with Crippen molar-refractivity contribution in [2.75, 3.05) is 42.5 Å². The number of anilines is 2. The molecular formula is C25H24N4O4S. The minimum atomic E-state index is -3.92. The second-order valence-corrected chi connectivity index (χ2v) is 10.1. The van der Waals surface area contributed by atoms with Gasteiger partial charge in [-0.25, -0.2) is 13.4 Å². The van der Waals surface area contributed by atoms with E-state index in [9.17, 15) is 18.0 Å². The number of hydrogen-bond acceptors (Lipinski definition) is 6. The number of pyridine rings is 1. The van der Waals surface area contributed by atoms with E-state index in [-0.39, 0.29) is 33.5 Å². The molecule has 2 aliphatic heterocycles. The van der Waals surface area contributed by atoms with Crippen molar-refractivity contribution >= 4 is 33.2 Å². The van der Waals surface area contributed by atoms with Gasteiger partial charge < -0.3 is 14.7 Å². The van der Waals surface area contributed by atoms with Gasteiger partial charge in [0.2, 0.25) is 9.84 Å². The van der Waals surface area contributed by atoms with Crippen molar-refractivity contribution in [1.29, 1.82) is 0 Å². The lowest BCUT2D eigenvalue weighted by Crippen LogP contribution is -2.49. The Hall–Kier alpha value is -3.72. The monoisotopic (exact) mass is 476 g/mol. The van der Waals surface area contributed by atoms with Crippen molar-refractivity contribution in [3.05, 3.63) is 78.0 Å². The molecule has 1 aromatic heterocycles. The third kappa shape index (κ3) is 3.62. The summed E-state index contributed by atoms with van der Waals surface area (Å²) in [4.78, 5) is 36.2. The molecule has 0 aliphatic carbocycles. The summed E-state index contributed by atoms with van der Waals surface area (Å²) < 4.78 is 26.8. The summed E-state index contributed by atoms with van der Waals surface area (Å²) in [6.07, 6.45) is 1.75. The predicted molar refractivity (Wildman–Crippen MR) is 128 cm³/mol. The molecule has 0 N–H and O–H groups in total. The minimum absolute atomic E-state index is 0.0121. The molecule has 3 heterocycles. The number of carbonyl (C=O) groups is 2. The fourth-order valence-corrected chi connectivity index (χ4v) is 6.15. The lowest BCUT2D eigenvalue weighted by atomic mass is 10.1. The summed E-state index contributed by atoms with van der Waals surface area (Å²) in [7, 11) is -3.92. The highest BCUT2D eigenvalue weighted by atomic mass is 32.2. The van der Waals surface area contributed by atoms with Gasteiger partial charge in [-0.2, -0.15) is 0 Å². The van der Waals surface area contributed by atoms with E-state index in [0.29, 0.717) is 31.7 Å². The Balaban J connectivity index is 1.46. The van der Waals surface area contributed by atoms with Gasteiger partial charge in [-0.15, -0.1) is 0 Å². The highest BCUT2D eigenvalue weighted by Gasteiger charge is 2.35. The van der Waals surface area contributed by atoms with Crippen molar-refractivity contribution in [3.8, 4) is 0 Å². The SMILES string of the molecule is CCN1C(=O)c2ccccc2S(=O)(=O)c2ccc(C(=O)N3CCN(c4ccccn4)CC3)cc21. The molecule has 3 aromatic rings. The molecule has 0 radical (unpaired) electrons. The van der Waals surface area contributed by atoms with Crippen LogP contribution in [0.5, 0.6) is 0 Å². The van der Waals surface area contributed by atoms with Crippen LogP contribution in [-0.4, -0.2) is 62.8 Å². The van der Waals surface area contributed by atoms with E-state index in [1.54, 1.807) is 30.2 Å². The fourth-order valence-electron chi connectivity index (χ4n) is 4.52. The maximum Gasteiger partial charge on any atom is 0.259 e. The third-order valence-electron chi connectivity index (χ3n) is 6.29. The van der Waals surface area contributed by atoms with Crippen molar-refractivity contribution in [2.45, 2.75) is 16.7 Å². The Bertz CT molecular complexity index is 1370. The highest BCUT2D eigenvalue weighted by molar-refractivity contribution is 7.91. The number of benzene rings is 2. The second-order valence-electron chi connectivity index (χ2n) is 8.20. The molecule has 1 fully saturated rings. The summed E-state index contributed by atoms with van der Waals surface area (Å²) in [6, 6.07) is 16.5. The Morgan fingerprint density at radius 2 is 1.68 bits per heavy atom. The molecule has 1 saturated heterocycles. The molecule has 0 saturated carbocycles. The number of hydrogen-bond donors (Lipinski definition) is 0. The smallest absolute Gasteiger partial charge is 0.259 e. The average Bonchev–Trinajstić information content (AvgIpc) is 2.95. The van der Waals surface area contributed by atoms with Gasteiger partial charge in [-0.1, -0.05) is 18.2 Å². The molecule has 5 rings (SSSR count). The summed E-state index contributed by atoms with van der Waals surface area (Å²) in [5, 5.41) is 0. The van der Waals surface area contributed by atoms with Crippen LogP contribution >= 0.6 is 0 Å². The lowest BCUT2D eigenvalue weighted by molar-refractivity contribution is 0.0746. The summed E-state index contributed by atoms with van der Waals surface area (Å²) in [5.74, 6) is 0.293. The van der Waals surface area contributed by atoms with Crippen LogP contribution < -0.4 is 9.80 Å². The van der Waals surface area contributed by atoms with E-state index >= 15 is 0 Å². The Kier molecular flexibility index (Phi) is 5.57. The molecule has 0 spiro atoms. The molecule has 34 heavy (non-hydrogen) atoms. The van der Waals surface area contributed by atoms with Crippen LogP contribution in [0.1, 0.15) is 27.6 Å². The average molecular weight is 477 g/mol. The van der Waals surface area contributed by atoms with E-state index in [1.807, 2.05) is 18.2 Å². The molecule has 9 heteroatoms. The first-order chi connectivity index (χ1) is 16.4. The number of fused-ring (bicyclic) bond motifs is 2. The van der Waals surface area contributed by atoms with Crippen LogP contribution in [-0.2, 0) is 9.84 Å². The van der Waals surface area contributed by atoms with Crippen LogP contribution in [0.2, 0.25) is 0 Å². The molecule has 0 bridgehead atoms. The predicted octanol–water partition coefficient (Wildman–Crippen LogP) is 2.86. The van der Waals surface area contributed by atoms with Crippen LogP contribution in [0.15, 0.2) is 76.7 Å². The van der Waals surface area contributed by atoms with Gasteiger partial charge in [-0.05, 0) is 49.4 Å². The fraction of sp³-hybridized carbons (Fsp3) is 0.240. The molecular weight excluding hydrogens is 452 g/mol. The molecule has 2 aromatic carbocycles. The van der Waals surface area contributed by atoms with E-state index in [2.05, 4.69) is 9.88 Å². The van der Waals surface area contributed by atoms with Gasteiger partial charge in [0.25, 0.3) is 11.8 Å². The molecule has 0 atom stereocenters. The van der Waals surface area contributed by atoms with E-state index in [4.69, 9.17) is 0 Å². The topological polar surface area (TPSA) is 90.9 Å². The zero-order chi connectivity index (χ0) is 23.9. The number of aromatic nitrogens is 1. The van der Waals surface area contributed by atoms with Crippen LogP contribution in [0, 0.1) is 0 Å². The van der Waals surface area contributed by atoms with Gasteiger partial charge >= 0.3 is 0 Å². The number of rotatable bonds is 3. The van der Waals surface area contributed by atoms with Crippen molar-refractivity contribution in [3.63, 3.8) is 0 Å². The molecule has 2 aliphatic rings.